The van der Waals surface area contributed by atoms with E-state index in [1.165, 1.54) is 19.3 Å². The molecule has 12 heavy (non-hydrogen) atoms. The standard InChI is InChI=1S/C10H16N2/c1-11-9-5-4-6-10(9)12-7-2-3-8-12/h2-3,7-11H,4-6H2,1H3. The van der Waals surface area contributed by atoms with Crippen molar-refractivity contribution in [3.63, 3.8) is 0 Å². The third kappa shape index (κ3) is 1.27. The average molecular weight is 164 g/mol. The summed E-state index contributed by atoms with van der Waals surface area (Å²) in [5.41, 5.74) is 0. The van der Waals surface area contributed by atoms with Gasteiger partial charge in [0.2, 0.25) is 0 Å². The van der Waals surface area contributed by atoms with Crippen molar-refractivity contribution in [2.45, 2.75) is 31.3 Å². The molecule has 2 atom stereocenters. The zero-order valence-corrected chi connectivity index (χ0v) is 7.53. The molecule has 1 aromatic heterocycles. The SMILES string of the molecule is CNC1CCCC1n1cccc1. The molecule has 0 aromatic carbocycles. The Hall–Kier alpha value is -0.760. The maximum Gasteiger partial charge on any atom is 0.0483 e. The van der Waals surface area contributed by atoms with Gasteiger partial charge >= 0.3 is 0 Å². The normalized spacial score (nSPS) is 29.4. The molecule has 2 rings (SSSR count). The second kappa shape index (κ2) is 3.31. The Morgan fingerprint density at radius 3 is 2.67 bits per heavy atom. The van der Waals surface area contributed by atoms with E-state index >= 15 is 0 Å². The minimum atomic E-state index is 0.678. The third-order valence-electron chi connectivity index (χ3n) is 2.86. The van der Waals surface area contributed by atoms with Gasteiger partial charge in [-0.1, -0.05) is 0 Å². The van der Waals surface area contributed by atoms with Gasteiger partial charge < -0.3 is 9.88 Å². The predicted molar refractivity (Wildman–Crippen MR) is 50.2 cm³/mol. The Morgan fingerprint density at radius 1 is 1.25 bits per heavy atom. The zero-order chi connectivity index (χ0) is 8.39. The summed E-state index contributed by atoms with van der Waals surface area (Å²) < 4.78 is 2.33. The highest BCUT2D eigenvalue weighted by Gasteiger charge is 2.26. The number of aromatic nitrogens is 1. The second-order valence-electron chi connectivity index (χ2n) is 3.52. The van der Waals surface area contributed by atoms with Crippen molar-refractivity contribution >= 4 is 0 Å². The molecule has 1 fully saturated rings. The van der Waals surface area contributed by atoms with Crippen molar-refractivity contribution in [3.05, 3.63) is 24.5 Å². The molecule has 2 nitrogen and oxygen atoms in total. The smallest absolute Gasteiger partial charge is 0.0483 e. The van der Waals surface area contributed by atoms with Gasteiger partial charge in [-0.15, -0.1) is 0 Å². The molecule has 0 spiro atoms. The molecular formula is C10H16N2. The first kappa shape index (κ1) is 7.87. The van der Waals surface area contributed by atoms with E-state index in [2.05, 4.69) is 41.5 Å². The fourth-order valence-corrected chi connectivity index (χ4v) is 2.20. The van der Waals surface area contributed by atoms with Gasteiger partial charge in [0.25, 0.3) is 0 Å². The highest BCUT2D eigenvalue weighted by atomic mass is 15.1. The fourth-order valence-electron chi connectivity index (χ4n) is 2.20. The molecular weight excluding hydrogens is 148 g/mol. The number of nitrogens with zero attached hydrogens (tertiary/aromatic N) is 1. The van der Waals surface area contributed by atoms with Gasteiger partial charge in [-0.3, -0.25) is 0 Å². The van der Waals surface area contributed by atoms with Crippen LogP contribution in [0.4, 0.5) is 0 Å². The van der Waals surface area contributed by atoms with Gasteiger partial charge in [-0.25, -0.2) is 0 Å². The minimum Gasteiger partial charge on any atom is -0.350 e. The van der Waals surface area contributed by atoms with Crippen LogP contribution >= 0.6 is 0 Å². The Morgan fingerprint density at radius 2 is 2.00 bits per heavy atom. The topological polar surface area (TPSA) is 17.0 Å². The summed E-state index contributed by atoms with van der Waals surface area (Å²) in [7, 11) is 2.06. The highest BCUT2D eigenvalue weighted by molar-refractivity contribution is 4.97. The lowest BCUT2D eigenvalue weighted by Gasteiger charge is -2.20. The molecule has 2 unspecified atom stereocenters. The van der Waals surface area contributed by atoms with E-state index < -0.39 is 0 Å². The van der Waals surface area contributed by atoms with Crippen LogP contribution in [0.2, 0.25) is 0 Å². The van der Waals surface area contributed by atoms with Crippen LogP contribution in [0.5, 0.6) is 0 Å². The Bertz CT molecular complexity index is 228. The van der Waals surface area contributed by atoms with Gasteiger partial charge in [-0.2, -0.15) is 0 Å². The van der Waals surface area contributed by atoms with Crippen LogP contribution in [0, 0.1) is 0 Å². The Labute approximate surface area is 73.6 Å². The van der Waals surface area contributed by atoms with Gasteiger partial charge in [-0.05, 0) is 38.4 Å². The highest BCUT2D eigenvalue weighted by Crippen LogP contribution is 2.29. The lowest BCUT2D eigenvalue weighted by atomic mass is 10.2. The molecule has 0 saturated heterocycles. The van der Waals surface area contributed by atoms with Gasteiger partial charge in [0.15, 0.2) is 0 Å². The number of hydrogen-bond donors (Lipinski definition) is 1. The summed E-state index contributed by atoms with van der Waals surface area (Å²) >= 11 is 0. The quantitative estimate of drug-likeness (QED) is 0.705. The van der Waals surface area contributed by atoms with Gasteiger partial charge in [0.1, 0.15) is 0 Å². The van der Waals surface area contributed by atoms with Crippen LogP contribution in [0.3, 0.4) is 0 Å². The van der Waals surface area contributed by atoms with E-state index in [1.54, 1.807) is 0 Å². The monoisotopic (exact) mass is 164 g/mol. The lowest BCUT2D eigenvalue weighted by Crippen LogP contribution is -2.30. The maximum absolute atomic E-state index is 3.38. The number of rotatable bonds is 2. The van der Waals surface area contributed by atoms with Crippen LogP contribution in [-0.2, 0) is 0 Å². The van der Waals surface area contributed by atoms with E-state index in [0.717, 1.165) is 0 Å². The molecule has 66 valence electrons. The summed E-state index contributed by atoms with van der Waals surface area (Å²) in [6, 6.07) is 5.57. The number of likely N-dealkylation sites (N-methyl/N-ethyl adjacent to an activating group) is 1. The zero-order valence-electron chi connectivity index (χ0n) is 7.53. The van der Waals surface area contributed by atoms with Crippen LogP contribution in [-0.4, -0.2) is 17.7 Å². The minimum absolute atomic E-state index is 0.678. The van der Waals surface area contributed by atoms with E-state index in [1.807, 2.05) is 0 Å². The first-order chi connectivity index (χ1) is 5.92. The molecule has 0 amide bonds. The van der Waals surface area contributed by atoms with E-state index in [0.29, 0.717) is 12.1 Å². The third-order valence-corrected chi connectivity index (χ3v) is 2.86. The Kier molecular flexibility index (Phi) is 2.17. The first-order valence-corrected chi connectivity index (χ1v) is 4.71. The average Bonchev–Trinajstić information content (AvgIpc) is 2.74. The van der Waals surface area contributed by atoms with Gasteiger partial charge in [0.05, 0.1) is 0 Å². The molecule has 2 heteroatoms. The second-order valence-corrected chi connectivity index (χ2v) is 3.52. The summed E-state index contributed by atoms with van der Waals surface area (Å²) in [6.45, 7) is 0. The molecule has 1 N–H and O–H groups in total. The van der Waals surface area contributed by atoms with Crippen LogP contribution < -0.4 is 5.32 Å². The van der Waals surface area contributed by atoms with Crippen molar-refractivity contribution in [1.29, 1.82) is 0 Å². The van der Waals surface area contributed by atoms with E-state index in [9.17, 15) is 0 Å². The van der Waals surface area contributed by atoms with E-state index in [4.69, 9.17) is 0 Å². The summed E-state index contributed by atoms with van der Waals surface area (Å²) in [5, 5.41) is 3.38. The number of nitrogens with one attached hydrogen (secondary N) is 1. The van der Waals surface area contributed by atoms with Gasteiger partial charge in [0, 0.05) is 24.5 Å². The van der Waals surface area contributed by atoms with Crippen LogP contribution in [0.15, 0.2) is 24.5 Å². The molecule has 0 aliphatic heterocycles. The summed E-state index contributed by atoms with van der Waals surface area (Å²) in [6.07, 6.45) is 8.33. The molecule has 0 bridgehead atoms. The van der Waals surface area contributed by atoms with Crippen LogP contribution in [0.25, 0.3) is 0 Å². The summed E-state index contributed by atoms with van der Waals surface area (Å²) in [5.74, 6) is 0. The summed E-state index contributed by atoms with van der Waals surface area (Å²) in [4.78, 5) is 0. The molecule has 0 radical (unpaired) electrons. The first-order valence-electron chi connectivity index (χ1n) is 4.71. The van der Waals surface area contributed by atoms with Crippen molar-refractivity contribution in [3.8, 4) is 0 Å². The molecule has 1 saturated carbocycles. The van der Waals surface area contributed by atoms with Crippen molar-refractivity contribution in [2.75, 3.05) is 7.05 Å². The predicted octanol–water partition coefficient (Wildman–Crippen LogP) is 1.80. The maximum atomic E-state index is 3.38. The van der Waals surface area contributed by atoms with Crippen molar-refractivity contribution in [2.24, 2.45) is 0 Å². The van der Waals surface area contributed by atoms with Crippen molar-refractivity contribution < 1.29 is 0 Å². The molecule has 1 aromatic rings. The Balaban J connectivity index is 2.13. The lowest BCUT2D eigenvalue weighted by molar-refractivity contribution is 0.416. The fraction of sp³-hybridized carbons (Fsp3) is 0.600. The molecule has 1 heterocycles. The van der Waals surface area contributed by atoms with E-state index in [-0.39, 0.29) is 0 Å². The van der Waals surface area contributed by atoms with Crippen LogP contribution in [0.1, 0.15) is 25.3 Å². The largest absolute Gasteiger partial charge is 0.350 e. The van der Waals surface area contributed by atoms with Crippen molar-refractivity contribution in [1.82, 2.24) is 9.88 Å². The molecule has 1 aliphatic rings. The number of hydrogen-bond acceptors (Lipinski definition) is 1. The molecule has 1 aliphatic carbocycles.